The zero-order valence-corrected chi connectivity index (χ0v) is 17.9. The molecule has 0 fully saturated rings. The second-order valence-electron chi connectivity index (χ2n) is 7.34. The standard InChI is InChI=1S/C26H17FN2O2S/c1-16-2-4-17(5-3-16)22-14-32-26-23(22)25(28-15-29-26)31-21-12-8-19(9-13-21)24(30)18-6-10-20(27)11-7-18/h2-15H,1H3. The molecule has 2 aromatic heterocycles. The molecule has 3 aromatic carbocycles. The lowest BCUT2D eigenvalue weighted by Crippen LogP contribution is -2.01. The highest BCUT2D eigenvalue weighted by atomic mass is 32.1. The van der Waals surface area contributed by atoms with Gasteiger partial charge in [-0.3, -0.25) is 4.79 Å². The Balaban J connectivity index is 1.44. The SMILES string of the molecule is Cc1ccc(-c2csc3ncnc(Oc4ccc(C(=O)c5ccc(F)cc5)cc4)c23)cc1. The first-order valence-electron chi connectivity index (χ1n) is 9.96. The van der Waals surface area contributed by atoms with E-state index in [-0.39, 0.29) is 11.6 Å². The van der Waals surface area contributed by atoms with Crippen LogP contribution in [0, 0.1) is 12.7 Å². The van der Waals surface area contributed by atoms with Crippen LogP contribution in [0.4, 0.5) is 4.39 Å². The van der Waals surface area contributed by atoms with E-state index in [1.807, 2.05) is 0 Å². The summed E-state index contributed by atoms with van der Waals surface area (Å²) >= 11 is 1.54. The van der Waals surface area contributed by atoms with Crippen LogP contribution in [-0.2, 0) is 0 Å². The molecular weight excluding hydrogens is 423 g/mol. The van der Waals surface area contributed by atoms with Gasteiger partial charge in [0.05, 0.1) is 5.39 Å². The molecule has 0 saturated heterocycles. The molecule has 0 aliphatic heterocycles. The van der Waals surface area contributed by atoms with Crippen LogP contribution in [0.2, 0.25) is 0 Å². The number of rotatable bonds is 5. The van der Waals surface area contributed by atoms with Gasteiger partial charge in [0, 0.05) is 22.1 Å². The number of fused-ring (bicyclic) bond motifs is 1. The zero-order chi connectivity index (χ0) is 22.1. The van der Waals surface area contributed by atoms with Gasteiger partial charge in [0.15, 0.2) is 5.78 Å². The lowest BCUT2D eigenvalue weighted by atomic mass is 10.0. The summed E-state index contributed by atoms with van der Waals surface area (Å²) in [5.74, 6) is 0.464. The summed E-state index contributed by atoms with van der Waals surface area (Å²) in [5.41, 5.74) is 4.20. The zero-order valence-electron chi connectivity index (χ0n) is 17.1. The number of hydrogen-bond acceptors (Lipinski definition) is 5. The summed E-state index contributed by atoms with van der Waals surface area (Å²) in [6, 6.07) is 20.6. The molecule has 156 valence electrons. The van der Waals surface area contributed by atoms with E-state index in [4.69, 9.17) is 4.74 Å². The number of carbonyl (C=O) groups is 1. The predicted molar refractivity (Wildman–Crippen MR) is 124 cm³/mol. The number of halogens is 1. The van der Waals surface area contributed by atoms with Crippen LogP contribution >= 0.6 is 11.3 Å². The summed E-state index contributed by atoms with van der Waals surface area (Å²) in [6.07, 6.45) is 1.49. The van der Waals surface area contributed by atoms with E-state index in [0.717, 1.165) is 21.3 Å². The number of thiophene rings is 1. The fourth-order valence-corrected chi connectivity index (χ4v) is 4.33. The van der Waals surface area contributed by atoms with Gasteiger partial charge in [0.1, 0.15) is 22.7 Å². The first kappa shape index (κ1) is 20.0. The molecule has 32 heavy (non-hydrogen) atoms. The quantitative estimate of drug-likeness (QED) is 0.281. The van der Waals surface area contributed by atoms with E-state index < -0.39 is 0 Å². The fraction of sp³-hybridized carbons (Fsp3) is 0.0385. The monoisotopic (exact) mass is 440 g/mol. The maximum Gasteiger partial charge on any atom is 0.231 e. The molecule has 0 unspecified atom stereocenters. The molecule has 4 nitrogen and oxygen atoms in total. The first-order chi connectivity index (χ1) is 15.6. The fourth-order valence-electron chi connectivity index (χ4n) is 3.42. The van der Waals surface area contributed by atoms with Crippen LogP contribution < -0.4 is 4.74 Å². The molecular formula is C26H17FN2O2S. The van der Waals surface area contributed by atoms with E-state index in [1.54, 1.807) is 35.6 Å². The Kier molecular flexibility index (Phi) is 5.21. The number of carbonyl (C=O) groups excluding carboxylic acids is 1. The molecule has 6 heteroatoms. The van der Waals surface area contributed by atoms with Crippen LogP contribution in [0.3, 0.4) is 0 Å². The van der Waals surface area contributed by atoms with Crippen LogP contribution in [0.25, 0.3) is 21.3 Å². The minimum Gasteiger partial charge on any atom is -0.438 e. The van der Waals surface area contributed by atoms with Crippen molar-refractivity contribution in [3.63, 3.8) is 0 Å². The first-order valence-corrected chi connectivity index (χ1v) is 10.8. The number of nitrogens with zero attached hydrogens (tertiary/aromatic N) is 2. The number of ether oxygens (including phenoxy) is 1. The van der Waals surface area contributed by atoms with Gasteiger partial charge in [0.25, 0.3) is 0 Å². The molecule has 0 bridgehead atoms. The highest BCUT2D eigenvalue weighted by Gasteiger charge is 2.15. The van der Waals surface area contributed by atoms with E-state index >= 15 is 0 Å². The number of hydrogen-bond donors (Lipinski definition) is 0. The molecule has 0 N–H and O–H groups in total. The average molecular weight is 440 g/mol. The van der Waals surface area contributed by atoms with E-state index in [2.05, 4.69) is 46.5 Å². The predicted octanol–water partition coefficient (Wildman–Crippen LogP) is 6.83. The normalized spacial score (nSPS) is 10.9. The van der Waals surface area contributed by atoms with Gasteiger partial charge in [-0.25, -0.2) is 14.4 Å². The summed E-state index contributed by atoms with van der Waals surface area (Å²) in [5, 5.41) is 2.91. The second-order valence-corrected chi connectivity index (χ2v) is 8.19. The van der Waals surface area contributed by atoms with Crippen LogP contribution in [0.15, 0.2) is 84.5 Å². The van der Waals surface area contributed by atoms with Crippen molar-refractivity contribution in [3.8, 4) is 22.8 Å². The van der Waals surface area contributed by atoms with Crippen molar-refractivity contribution in [3.05, 3.63) is 107 Å². The summed E-state index contributed by atoms with van der Waals surface area (Å²) < 4.78 is 19.2. The highest BCUT2D eigenvalue weighted by Crippen LogP contribution is 2.39. The van der Waals surface area contributed by atoms with Crippen molar-refractivity contribution in [2.45, 2.75) is 6.92 Å². The molecule has 0 saturated carbocycles. The van der Waals surface area contributed by atoms with Crippen LogP contribution in [-0.4, -0.2) is 15.8 Å². The van der Waals surface area contributed by atoms with E-state index in [0.29, 0.717) is 22.8 Å². The van der Waals surface area contributed by atoms with Crippen LogP contribution in [0.1, 0.15) is 21.5 Å². The molecule has 0 aliphatic carbocycles. The van der Waals surface area contributed by atoms with Crippen molar-refractivity contribution in [1.82, 2.24) is 9.97 Å². The minimum atomic E-state index is -0.375. The third-order valence-electron chi connectivity index (χ3n) is 5.14. The highest BCUT2D eigenvalue weighted by molar-refractivity contribution is 7.17. The number of ketones is 1. The van der Waals surface area contributed by atoms with Crippen molar-refractivity contribution >= 4 is 27.3 Å². The molecule has 0 aliphatic rings. The van der Waals surface area contributed by atoms with Gasteiger partial charge in [-0.15, -0.1) is 11.3 Å². The lowest BCUT2D eigenvalue weighted by Gasteiger charge is -2.08. The number of aryl methyl sites for hydroxylation is 1. The molecule has 5 rings (SSSR count). The van der Waals surface area contributed by atoms with Gasteiger partial charge < -0.3 is 4.74 Å². The summed E-state index contributed by atoms with van der Waals surface area (Å²) in [6.45, 7) is 2.05. The largest absolute Gasteiger partial charge is 0.438 e. The van der Waals surface area contributed by atoms with Crippen molar-refractivity contribution in [2.24, 2.45) is 0 Å². The Morgan fingerprint density at radius 2 is 1.53 bits per heavy atom. The number of aromatic nitrogens is 2. The Labute approximate surface area is 188 Å². The average Bonchev–Trinajstić information content (AvgIpc) is 3.25. The minimum absolute atomic E-state index is 0.180. The molecule has 0 spiro atoms. The molecule has 5 aromatic rings. The van der Waals surface area contributed by atoms with Gasteiger partial charge in [-0.2, -0.15) is 0 Å². The second kappa shape index (κ2) is 8.32. The Morgan fingerprint density at radius 3 is 2.22 bits per heavy atom. The Hall–Kier alpha value is -3.90. The lowest BCUT2D eigenvalue weighted by molar-refractivity contribution is 0.103. The van der Waals surface area contributed by atoms with Gasteiger partial charge in [0.2, 0.25) is 5.88 Å². The molecule has 2 heterocycles. The van der Waals surface area contributed by atoms with E-state index in [1.165, 1.54) is 36.2 Å². The van der Waals surface area contributed by atoms with Crippen molar-refractivity contribution in [1.29, 1.82) is 0 Å². The molecule has 0 amide bonds. The third-order valence-corrected chi connectivity index (χ3v) is 6.02. The third kappa shape index (κ3) is 3.88. The van der Waals surface area contributed by atoms with Gasteiger partial charge in [-0.1, -0.05) is 29.8 Å². The van der Waals surface area contributed by atoms with E-state index in [9.17, 15) is 9.18 Å². The molecule has 0 atom stereocenters. The van der Waals surface area contributed by atoms with Gasteiger partial charge >= 0.3 is 0 Å². The topological polar surface area (TPSA) is 52.1 Å². The van der Waals surface area contributed by atoms with Crippen molar-refractivity contribution in [2.75, 3.05) is 0 Å². The van der Waals surface area contributed by atoms with Crippen molar-refractivity contribution < 1.29 is 13.9 Å². The Bertz CT molecular complexity index is 1410. The van der Waals surface area contributed by atoms with Gasteiger partial charge in [-0.05, 0) is 61.0 Å². The smallest absolute Gasteiger partial charge is 0.231 e. The maximum atomic E-state index is 13.1. The maximum absolute atomic E-state index is 13.1. The molecule has 0 radical (unpaired) electrons. The van der Waals surface area contributed by atoms with Crippen LogP contribution in [0.5, 0.6) is 11.6 Å². The summed E-state index contributed by atoms with van der Waals surface area (Å²) in [4.78, 5) is 22.2. The summed E-state index contributed by atoms with van der Waals surface area (Å²) in [7, 11) is 0. The number of benzene rings is 3. The Morgan fingerprint density at radius 1 is 0.875 bits per heavy atom.